The van der Waals surface area contributed by atoms with Crippen LogP contribution in [0.15, 0.2) is 29.3 Å². The van der Waals surface area contributed by atoms with Gasteiger partial charge in [-0.05, 0) is 44.0 Å². The van der Waals surface area contributed by atoms with Crippen LogP contribution in [0.2, 0.25) is 0 Å². The molecule has 3 N–H and O–H groups in total. The van der Waals surface area contributed by atoms with Crippen LogP contribution in [0, 0.1) is 5.92 Å². The second-order valence-corrected chi connectivity index (χ2v) is 5.70. The quantitative estimate of drug-likeness (QED) is 0.424. The van der Waals surface area contributed by atoms with Gasteiger partial charge < -0.3 is 20.7 Å². The third kappa shape index (κ3) is 6.39. The Labute approximate surface area is 150 Å². The van der Waals surface area contributed by atoms with E-state index in [4.69, 9.17) is 10.5 Å². The largest absolute Gasteiger partial charge is 0.497 e. The van der Waals surface area contributed by atoms with E-state index in [-0.39, 0.29) is 24.0 Å². The minimum atomic E-state index is 0. The van der Waals surface area contributed by atoms with Crippen molar-refractivity contribution in [2.24, 2.45) is 16.6 Å². The highest BCUT2D eigenvalue weighted by Gasteiger charge is 2.14. The molecule has 1 aliphatic heterocycles. The Morgan fingerprint density at radius 3 is 2.82 bits per heavy atom. The lowest BCUT2D eigenvalue weighted by Gasteiger charge is -2.18. The van der Waals surface area contributed by atoms with E-state index in [2.05, 4.69) is 22.1 Å². The maximum atomic E-state index is 5.94. The Balaban J connectivity index is 0.00000242. The van der Waals surface area contributed by atoms with Gasteiger partial charge in [-0.3, -0.25) is 4.99 Å². The minimum Gasteiger partial charge on any atom is -0.497 e. The van der Waals surface area contributed by atoms with Crippen molar-refractivity contribution < 1.29 is 4.74 Å². The maximum Gasteiger partial charge on any atom is 0.193 e. The summed E-state index contributed by atoms with van der Waals surface area (Å²) in [7, 11) is 1.65. The van der Waals surface area contributed by atoms with Crippen LogP contribution in [0.4, 0.5) is 5.69 Å². The van der Waals surface area contributed by atoms with Gasteiger partial charge in [-0.15, -0.1) is 24.0 Å². The van der Waals surface area contributed by atoms with Crippen molar-refractivity contribution in [3.8, 4) is 5.75 Å². The number of nitrogens with two attached hydrogens (primary N) is 1. The zero-order valence-electron chi connectivity index (χ0n) is 13.4. The maximum absolute atomic E-state index is 5.94. The van der Waals surface area contributed by atoms with Crippen LogP contribution in [0.3, 0.4) is 0 Å². The highest BCUT2D eigenvalue weighted by molar-refractivity contribution is 14.0. The van der Waals surface area contributed by atoms with Gasteiger partial charge in [0, 0.05) is 24.8 Å². The number of hydrogen-bond acceptors (Lipinski definition) is 3. The third-order valence-electron chi connectivity index (χ3n) is 3.68. The van der Waals surface area contributed by atoms with Crippen LogP contribution >= 0.6 is 24.0 Å². The van der Waals surface area contributed by atoms with Crippen molar-refractivity contribution in [1.82, 2.24) is 4.90 Å². The summed E-state index contributed by atoms with van der Waals surface area (Å²) < 4.78 is 5.18. The van der Waals surface area contributed by atoms with Crippen LogP contribution in [0.1, 0.15) is 19.8 Å². The van der Waals surface area contributed by atoms with Crippen molar-refractivity contribution in [2.45, 2.75) is 19.8 Å². The average molecular weight is 418 g/mol. The van der Waals surface area contributed by atoms with Crippen molar-refractivity contribution in [3.63, 3.8) is 0 Å². The zero-order valence-corrected chi connectivity index (χ0v) is 15.7. The van der Waals surface area contributed by atoms with Gasteiger partial charge in [0.05, 0.1) is 7.11 Å². The molecule has 124 valence electrons. The van der Waals surface area contributed by atoms with Crippen LogP contribution in [0.5, 0.6) is 5.75 Å². The van der Waals surface area contributed by atoms with Crippen molar-refractivity contribution in [2.75, 3.05) is 38.6 Å². The van der Waals surface area contributed by atoms with Gasteiger partial charge in [0.25, 0.3) is 0 Å². The Morgan fingerprint density at radius 1 is 1.41 bits per heavy atom. The molecule has 1 saturated heterocycles. The zero-order chi connectivity index (χ0) is 15.1. The fourth-order valence-electron chi connectivity index (χ4n) is 2.61. The number of anilines is 1. The van der Waals surface area contributed by atoms with Crippen molar-refractivity contribution in [1.29, 1.82) is 0 Å². The number of ether oxygens (including phenoxy) is 1. The fourth-order valence-corrected chi connectivity index (χ4v) is 2.61. The first-order valence-electron chi connectivity index (χ1n) is 7.60. The first kappa shape index (κ1) is 19.0. The Bertz CT molecular complexity index is 475. The molecule has 0 radical (unpaired) electrons. The van der Waals surface area contributed by atoms with Gasteiger partial charge in [0.15, 0.2) is 5.96 Å². The molecular weight excluding hydrogens is 391 g/mol. The van der Waals surface area contributed by atoms with Gasteiger partial charge >= 0.3 is 0 Å². The van der Waals surface area contributed by atoms with Crippen molar-refractivity contribution >= 4 is 35.6 Å². The van der Waals surface area contributed by atoms with E-state index in [1.807, 2.05) is 24.3 Å². The lowest BCUT2D eigenvalue weighted by molar-refractivity contribution is 0.292. The summed E-state index contributed by atoms with van der Waals surface area (Å²) >= 11 is 0. The lowest BCUT2D eigenvalue weighted by atomic mass is 10.2. The lowest BCUT2D eigenvalue weighted by Crippen LogP contribution is -2.28. The molecule has 1 heterocycles. The predicted octanol–water partition coefficient (Wildman–Crippen LogP) is 2.77. The summed E-state index contributed by atoms with van der Waals surface area (Å²) in [5, 5.41) is 3.10. The van der Waals surface area contributed by atoms with E-state index in [9.17, 15) is 0 Å². The van der Waals surface area contributed by atoms with Gasteiger partial charge in [-0.25, -0.2) is 0 Å². The summed E-state index contributed by atoms with van der Waals surface area (Å²) in [6.07, 6.45) is 2.66. The molecule has 0 aromatic heterocycles. The minimum absolute atomic E-state index is 0. The topological polar surface area (TPSA) is 62.9 Å². The van der Waals surface area contributed by atoms with Gasteiger partial charge in [-0.2, -0.15) is 0 Å². The standard InChI is InChI=1S/C16H26N4O.HI/c1-13(12-20-8-3-4-9-20)11-18-16(17)19-14-6-5-7-15(10-14)21-2;/h5-7,10,13H,3-4,8-9,11-12H2,1-2H3,(H3,17,18,19);1H. The Morgan fingerprint density at radius 2 is 2.14 bits per heavy atom. The monoisotopic (exact) mass is 418 g/mol. The molecule has 1 atom stereocenters. The first-order chi connectivity index (χ1) is 10.2. The summed E-state index contributed by atoms with van der Waals surface area (Å²) in [4.78, 5) is 6.94. The molecule has 1 unspecified atom stereocenters. The van der Waals surface area contributed by atoms with E-state index in [1.54, 1.807) is 7.11 Å². The van der Waals surface area contributed by atoms with Crippen molar-refractivity contribution in [3.05, 3.63) is 24.3 Å². The number of nitrogens with zero attached hydrogens (tertiary/aromatic N) is 2. The number of methoxy groups -OCH3 is 1. The molecular formula is C16H27IN4O. The third-order valence-corrected chi connectivity index (χ3v) is 3.68. The number of nitrogens with one attached hydrogen (secondary N) is 1. The molecule has 6 heteroatoms. The number of benzene rings is 1. The summed E-state index contributed by atoms with van der Waals surface area (Å²) in [5.41, 5.74) is 6.83. The molecule has 1 aromatic carbocycles. The summed E-state index contributed by atoms with van der Waals surface area (Å²) in [6.45, 7) is 6.53. The second-order valence-electron chi connectivity index (χ2n) is 5.70. The average Bonchev–Trinajstić information content (AvgIpc) is 2.98. The van der Waals surface area contributed by atoms with Crippen LogP contribution < -0.4 is 15.8 Å². The van der Waals surface area contributed by atoms with Gasteiger partial charge in [-0.1, -0.05) is 13.0 Å². The number of hydrogen-bond donors (Lipinski definition) is 2. The summed E-state index contributed by atoms with van der Waals surface area (Å²) in [6, 6.07) is 7.66. The molecule has 1 aromatic rings. The molecule has 0 amide bonds. The highest BCUT2D eigenvalue weighted by Crippen LogP contribution is 2.16. The SMILES string of the molecule is COc1cccc(NC(N)=NCC(C)CN2CCCC2)c1.I. The number of rotatable bonds is 6. The highest BCUT2D eigenvalue weighted by atomic mass is 127. The van der Waals surface area contributed by atoms with E-state index in [0.29, 0.717) is 11.9 Å². The molecule has 0 spiro atoms. The molecule has 2 rings (SSSR count). The molecule has 1 fully saturated rings. The number of halogens is 1. The molecule has 22 heavy (non-hydrogen) atoms. The fraction of sp³-hybridized carbons (Fsp3) is 0.562. The van der Waals surface area contributed by atoms with E-state index in [1.165, 1.54) is 25.9 Å². The number of guanidine groups is 1. The van der Waals surface area contributed by atoms with E-state index < -0.39 is 0 Å². The predicted molar refractivity (Wildman–Crippen MR) is 103 cm³/mol. The number of likely N-dealkylation sites (tertiary alicyclic amines) is 1. The Kier molecular flexibility index (Phi) is 8.55. The van der Waals surface area contributed by atoms with Crippen LogP contribution in [-0.2, 0) is 0 Å². The van der Waals surface area contributed by atoms with Gasteiger partial charge in [0.1, 0.15) is 5.75 Å². The van der Waals surface area contributed by atoms with E-state index >= 15 is 0 Å². The van der Waals surface area contributed by atoms with E-state index in [0.717, 1.165) is 24.5 Å². The van der Waals surface area contributed by atoms with Gasteiger partial charge in [0.2, 0.25) is 0 Å². The molecule has 0 aliphatic carbocycles. The molecule has 0 bridgehead atoms. The second kappa shape index (κ2) is 9.89. The molecule has 5 nitrogen and oxygen atoms in total. The first-order valence-corrected chi connectivity index (χ1v) is 7.60. The van der Waals surface area contributed by atoms with Crippen LogP contribution in [0.25, 0.3) is 0 Å². The molecule has 1 aliphatic rings. The number of aliphatic imine (C=N–C) groups is 1. The van der Waals surface area contributed by atoms with Crippen LogP contribution in [-0.4, -0.2) is 44.1 Å². The summed E-state index contributed by atoms with van der Waals surface area (Å²) in [5.74, 6) is 1.78. The molecule has 0 saturated carbocycles. The Hall–Kier alpha value is -1.02. The smallest absolute Gasteiger partial charge is 0.193 e. The normalized spacial score (nSPS) is 16.9.